The third-order valence-corrected chi connectivity index (χ3v) is 7.62. The van der Waals surface area contributed by atoms with Crippen molar-refractivity contribution in [2.24, 2.45) is 10.2 Å². The van der Waals surface area contributed by atoms with Crippen molar-refractivity contribution >= 4 is 50.3 Å². The minimum atomic E-state index is -3.71. The lowest BCUT2D eigenvalue weighted by Crippen LogP contribution is -3.00. The van der Waals surface area contributed by atoms with Gasteiger partial charge in [0.15, 0.2) is 18.9 Å². The Morgan fingerprint density at radius 1 is 0.941 bits per heavy atom. The van der Waals surface area contributed by atoms with Crippen molar-refractivity contribution in [3.63, 3.8) is 0 Å². The zero-order valence-electron chi connectivity index (χ0n) is 19.1. The average molecular weight is 543 g/mol. The molecule has 0 unspecified atom stereocenters. The first-order valence-corrected chi connectivity index (χ1v) is 12.5. The van der Waals surface area contributed by atoms with Crippen LogP contribution in [0.15, 0.2) is 82.1 Å². The summed E-state index contributed by atoms with van der Waals surface area (Å²) in [6.45, 7) is 4.76. The van der Waals surface area contributed by atoms with Crippen LogP contribution >= 0.6 is 23.2 Å². The Morgan fingerprint density at radius 2 is 1.59 bits per heavy atom. The van der Waals surface area contributed by atoms with Crippen molar-refractivity contribution in [1.82, 2.24) is 4.31 Å². The first-order valence-electron chi connectivity index (χ1n) is 10.3. The maximum absolute atomic E-state index is 12.4. The summed E-state index contributed by atoms with van der Waals surface area (Å²) in [4.78, 5) is 2.21. The summed E-state index contributed by atoms with van der Waals surface area (Å²) in [6.07, 6.45) is 4.11. The van der Waals surface area contributed by atoms with E-state index >= 15 is 0 Å². The number of hydrogen-bond donors (Lipinski definition) is 0. The highest BCUT2D eigenvalue weighted by molar-refractivity contribution is 7.89. The van der Waals surface area contributed by atoms with Crippen LogP contribution in [0.25, 0.3) is 0 Å². The van der Waals surface area contributed by atoms with Gasteiger partial charge in [-0.3, -0.25) is 0 Å². The zero-order valence-corrected chi connectivity index (χ0v) is 22.2. The van der Waals surface area contributed by atoms with E-state index in [-0.39, 0.29) is 27.3 Å². The number of benzene rings is 2. The average Bonchev–Trinajstić information content (AvgIpc) is 2.81. The Hall–Kier alpha value is -2.23. The first-order chi connectivity index (χ1) is 15.7. The lowest BCUT2D eigenvalue weighted by Gasteiger charge is -2.21. The van der Waals surface area contributed by atoms with E-state index in [9.17, 15) is 8.42 Å². The molecule has 0 fully saturated rings. The highest BCUT2D eigenvalue weighted by atomic mass is 35.5. The molecule has 0 aliphatic rings. The molecule has 3 aromatic rings. The van der Waals surface area contributed by atoms with Crippen molar-refractivity contribution in [2.75, 3.05) is 32.1 Å². The van der Waals surface area contributed by atoms with E-state index in [1.807, 2.05) is 42.5 Å². The zero-order chi connectivity index (χ0) is 24.0. The van der Waals surface area contributed by atoms with E-state index in [0.29, 0.717) is 11.4 Å². The van der Waals surface area contributed by atoms with Gasteiger partial charge in [0.2, 0.25) is 10.0 Å². The number of aromatic nitrogens is 1. The molecule has 0 N–H and O–H groups in total. The van der Waals surface area contributed by atoms with Crippen molar-refractivity contribution in [3.05, 3.63) is 77.0 Å². The Kier molecular flexibility index (Phi) is 10.3. The molecule has 0 saturated heterocycles. The van der Waals surface area contributed by atoms with Crippen molar-refractivity contribution in [3.8, 4) is 0 Å². The van der Waals surface area contributed by atoms with Crippen LogP contribution in [-0.2, 0) is 16.6 Å². The Morgan fingerprint density at radius 3 is 2.18 bits per heavy atom. The highest BCUT2D eigenvalue weighted by Gasteiger charge is 2.22. The van der Waals surface area contributed by atoms with E-state index in [4.69, 9.17) is 23.2 Å². The van der Waals surface area contributed by atoms with E-state index < -0.39 is 10.0 Å². The van der Waals surface area contributed by atoms with Crippen molar-refractivity contribution in [1.29, 1.82) is 0 Å². The van der Waals surface area contributed by atoms with Crippen LogP contribution in [0.2, 0.25) is 10.0 Å². The molecule has 11 heteroatoms. The molecule has 0 radical (unpaired) electrons. The molecule has 0 aliphatic carbocycles. The predicted molar refractivity (Wildman–Crippen MR) is 132 cm³/mol. The molecule has 0 bridgehead atoms. The fraction of sp³-hybridized carbons (Fsp3) is 0.261. The molecule has 34 heavy (non-hydrogen) atoms. The van der Waals surface area contributed by atoms with E-state index in [1.165, 1.54) is 26.2 Å². The molecular weight excluding hydrogens is 517 g/mol. The summed E-state index contributed by atoms with van der Waals surface area (Å²) < 4.78 is 27.9. The fourth-order valence-corrected chi connectivity index (χ4v) is 4.80. The van der Waals surface area contributed by atoms with Gasteiger partial charge in [0.1, 0.15) is 10.6 Å². The molecule has 2 aromatic carbocycles. The summed E-state index contributed by atoms with van der Waals surface area (Å²) >= 11 is 12.4. The Labute approximate surface area is 217 Å². The van der Waals surface area contributed by atoms with Crippen LogP contribution in [0, 0.1) is 0 Å². The topological polar surface area (TPSA) is 69.2 Å². The molecule has 0 spiro atoms. The Balaban J connectivity index is 0.00000408. The molecule has 0 saturated carbocycles. The Bertz CT molecular complexity index is 1220. The molecule has 182 valence electrons. The lowest BCUT2D eigenvalue weighted by atomic mass is 10.2. The van der Waals surface area contributed by atoms with Crippen LogP contribution in [-0.4, -0.2) is 39.9 Å². The number of likely N-dealkylation sites (N-methyl/N-ethyl adjacent to an activating group) is 1. The quantitative estimate of drug-likeness (QED) is 0.308. The summed E-state index contributed by atoms with van der Waals surface area (Å²) in [5.74, 6) is 0. The summed E-state index contributed by atoms with van der Waals surface area (Å²) in [5.41, 5.74) is 2.02. The minimum absolute atomic E-state index is 0. The van der Waals surface area contributed by atoms with Crippen molar-refractivity contribution in [2.45, 2.75) is 18.4 Å². The molecule has 1 heterocycles. The molecule has 0 amide bonds. The normalized spacial score (nSPS) is 11.6. The largest absolute Gasteiger partial charge is 1.00 e. The van der Waals surface area contributed by atoms with Crippen molar-refractivity contribution < 1.29 is 25.4 Å². The van der Waals surface area contributed by atoms with Gasteiger partial charge in [-0.2, -0.15) is 5.11 Å². The van der Waals surface area contributed by atoms with E-state index in [1.54, 1.807) is 0 Å². The number of rotatable bonds is 9. The van der Waals surface area contributed by atoms with E-state index in [0.717, 1.165) is 29.6 Å². The van der Waals surface area contributed by atoms with Crippen LogP contribution in [0.1, 0.15) is 6.92 Å². The van der Waals surface area contributed by atoms with Gasteiger partial charge in [-0.15, -0.1) is 5.11 Å². The third-order valence-electron chi connectivity index (χ3n) is 5.04. The first kappa shape index (κ1) is 28.0. The maximum atomic E-state index is 12.4. The summed E-state index contributed by atoms with van der Waals surface area (Å²) in [6, 6.07) is 16.5. The minimum Gasteiger partial charge on any atom is -1.00 e. The number of nitrogens with zero attached hydrogens (tertiary/aromatic N) is 5. The maximum Gasteiger partial charge on any atom is 0.244 e. The SMILES string of the molecule is CCN(CC[n+]1ccccc1)c1ccc(N=Nc2cc(Cl)c(S(=O)(=O)N(C)C)cc2Cl)cc1.[Cl-]. The number of sulfonamides is 1. The summed E-state index contributed by atoms with van der Waals surface area (Å²) in [5, 5.41) is 8.57. The monoisotopic (exact) mass is 541 g/mol. The predicted octanol–water partition coefficient (Wildman–Crippen LogP) is 2.48. The number of hydrogen-bond acceptors (Lipinski definition) is 5. The molecule has 3 rings (SSSR count). The van der Waals surface area contributed by atoms with Gasteiger partial charge in [0, 0.05) is 38.5 Å². The molecule has 0 atom stereocenters. The van der Waals surface area contributed by atoms with Crippen LogP contribution in [0.4, 0.5) is 17.1 Å². The van der Waals surface area contributed by atoms with Gasteiger partial charge in [-0.05, 0) is 43.3 Å². The van der Waals surface area contributed by atoms with Crippen LogP contribution in [0.5, 0.6) is 0 Å². The standard InChI is InChI=1S/C23H26Cl2N5O2S.ClH/c1-4-30(15-14-29-12-6-5-7-13-29)19-10-8-18(9-11-19)26-27-22-16-21(25)23(17-20(22)24)33(31,32)28(2)3;/h5-13,16-17H,4,14-15H2,1-3H3;1H/q+1;/p-1. The number of azo groups is 1. The van der Waals surface area contributed by atoms with Crippen LogP contribution < -0.4 is 21.9 Å². The van der Waals surface area contributed by atoms with Gasteiger partial charge in [-0.1, -0.05) is 29.3 Å². The number of halogens is 3. The van der Waals surface area contributed by atoms with Gasteiger partial charge >= 0.3 is 0 Å². The molecule has 7 nitrogen and oxygen atoms in total. The van der Waals surface area contributed by atoms with Gasteiger partial charge in [0.25, 0.3) is 0 Å². The number of pyridine rings is 1. The smallest absolute Gasteiger partial charge is 0.244 e. The lowest BCUT2D eigenvalue weighted by molar-refractivity contribution is -0.694. The number of anilines is 1. The van der Waals surface area contributed by atoms with Gasteiger partial charge in [0.05, 0.1) is 22.3 Å². The van der Waals surface area contributed by atoms with Gasteiger partial charge in [-0.25, -0.2) is 17.3 Å². The third kappa shape index (κ3) is 6.90. The second kappa shape index (κ2) is 12.5. The van der Waals surface area contributed by atoms with E-state index in [2.05, 4.69) is 39.0 Å². The molecular formula is C23H26Cl3N5O2S. The van der Waals surface area contributed by atoms with Crippen LogP contribution in [0.3, 0.4) is 0 Å². The van der Waals surface area contributed by atoms with Gasteiger partial charge < -0.3 is 17.3 Å². The second-order valence-corrected chi connectivity index (χ2v) is 10.4. The highest BCUT2D eigenvalue weighted by Crippen LogP contribution is 2.35. The fourth-order valence-electron chi connectivity index (χ4n) is 3.12. The molecule has 0 aliphatic heterocycles. The summed E-state index contributed by atoms with van der Waals surface area (Å²) in [7, 11) is -0.858. The molecule has 1 aromatic heterocycles. The second-order valence-electron chi connectivity index (χ2n) is 7.43.